The Morgan fingerprint density at radius 3 is 2.52 bits per heavy atom. The third kappa shape index (κ3) is 4.01. The van der Waals surface area contributed by atoms with E-state index in [1.807, 2.05) is 36.4 Å². The zero-order valence-corrected chi connectivity index (χ0v) is 18.4. The van der Waals surface area contributed by atoms with Gasteiger partial charge in [0.05, 0.1) is 28.5 Å². The number of aromatic amines is 2. The van der Waals surface area contributed by atoms with E-state index in [0.29, 0.717) is 17.1 Å². The molecule has 5 aromatic rings. The lowest BCUT2D eigenvalue weighted by atomic mass is 9.87. The van der Waals surface area contributed by atoms with Crippen LogP contribution in [0.5, 0.6) is 0 Å². The van der Waals surface area contributed by atoms with Crippen molar-refractivity contribution in [1.82, 2.24) is 15.4 Å². The molecule has 0 unspecified atom stereocenters. The maximum atomic E-state index is 13.8. The van der Waals surface area contributed by atoms with Gasteiger partial charge in [0.2, 0.25) is 0 Å². The molecule has 2 N–H and O–H groups in total. The number of halogens is 2. The molecule has 7 heteroatoms. The highest BCUT2D eigenvalue weighted by Gasteiger charge is 2.17. The summed E-state index contributed by atoms with van der Waals surface area (Å²) >= 11 is 6.47. The molecule has 0 aliphatic heterocycles. The fourth-order valence-electron chi connectivity index (χ4n) is 4.09. The standard InChI is InChI=1S/C26H19ClFN3O2/c1-2-20(21-9-8-19(28)12-22(21)27)26(17-7-10-23-18(11-17)14-29-30-23)16-5-3-15(4-6-16)24-13-25(32)33-31-24/h3-14,31H,2H2,1H3,(H,29,30)/b26-20-. The van der Waals surface area contributed by atoms with Crippen LogP contribution in [-0.2, 0) is 0 Å². The number of fused-ring (bicyclic) bond motifs is 1. The average molecular weight is 460 g/mol. The fraction of sp³-hybridized carbons (Fsp3) is 0.0769. The van der Waals surface area contributed by atoms with Crippen molar-refractivity contribution in [2.75, 3.05) is 0 Å². The highest BCUT2D eigenvalue weighted by atomic mass is 35.5. The summed E-state index contributed by atoms with van der Waals surface area (Å²) in [5, 5.41) is 11.1. The second kappa shape index (κ2) is 8.56. The molecule has 0 fully saturated rings. The molecule has 2 aromatic heterocycles. The second-order valence-electron chi connectivity index (χ2n) is 7.66. The van der Waals surface area contributed by atoms with Gasteiger partial charge >= 0.3 is 5.63 Å². The number of allylic oxidation sites excluding steroid dienone is 1. The first-order valence-corrected chi connectivity index (χ1v) is 10.8. The Kier molecular flexibility index (Phi) is 5.44. The molecule has 2 heterocycles. The molecule has 164 valence electrons. The van der Waals surface area contributed by atoms with Crippen molar-refractivity contribution in [3.05, 3.63) is 111 Å². The largest absolute Gasteiger partial charge is 0.357 e. The van der Waals surface area contributed by atoms with Crippen LogP contribution in [-0.4, -0.2) is 15.4 Å². The van der Waals surface area contributed by atoms with Gasteiger partial charge in [-0.15, -0.1) is 0 Å². The quantitative estimate of drug-likeness (QED) is 0.288. The molecular formula is C26H19ClFN3O2. The van der Waals surface area contributed by atoms with Crippen molar-refractivity contribution in [2.45, 2.75) is 13.3 Å². The predicted molar refractivity (Wildman–Crippen MR) is 128 cm³/mol. The lowest BCUT2D eigenvalue weighted by molar-refractivity contribution is 0.394. The van der Waals surface area contributed by atoms with Crippen LogP contribution in [0.3, 0.4) is 0 Å². The maximum absolute atomic E-state index is 13.8. The molecular weight excluding hydrogens is 441 g/mol. The molecule has 3 aromatic carbocycles. The monoisotopic (exact) mass is 459 g/mol. The van der Waals surface area contributed by atoms with Gasteiger partial charge in [0.15, 0.2) is 0 Å². The van der Waals surface area contributed by atoms with Gasteiger partial charge in [-0.05, 0) is 58.5 Å². The smallest absolute Gasteiger partial charge is 0.339 e. The van der Waals surface area contributed by atoms with E-state index in [4.69, 9.17) is 16.1 Å². The van der Waals surface area contributed by atoms with Crippen molar-refractivity contribution < 1.29 is 8.91 Å². The Labute approximate surface area is 193 Å². The Morgan fingerprint density at radius 1 is 1.03 bits per heavy atom. The number of hydrogen-bond acceptors (Lipinski definition) is 3. The normalized spacial score (nSPS) is 12.2. The van der Waals surface area contributed by atoms with Crippen LogP contribution in [0.2, 0.25) is 5.02 Å². The van der Waals surface area contributed by atoms with Gasteiger partial charge in [-0.2, -0.15) is 5.10 Å². The molecule has 0 saturated carbocycles. The average Bonchev–Trinajstić information content (AvgIpc) is 3.46. The predicted octanol–water partition coefficient (Wildman–Crippen LogP) is 6.67. The van der Waals surface area contributed by atoms with Crippen LogP contribution in [0.15, 0.2) is 82.2 Å². The summed E-state index contributed by atoms with van der Waals surface area (Å²) in [4.78, 5) is 11.4. The van der Waals surface area contributed by atoms with E-state index in [2.05, 4.69) is 28.3 Å². The Hall–Kier alpha value is -3.90. The third-order valence-electron chi connectivity index (χ3n) is 5.65. The lowest BCUT2D eigenvalue weighted by Crippen LogP contribution is -1.96. The minimum absolute atomic E-state index is 0.362. The first-order chi connectivity index (χ1) is 16.0. The molecule has 0 radical (unpaired) electrons. The van der Waals surface area contributed by atoms with Gasteiger partial charge in [-0.25, -0.2) is 14.3 Å². The summed E-state index contributed by atoms with van der Waals surface area (Å²) in [6.45, 7) is 2.05. The van der Waals surface area contributed by atoms with Crippen LogP contribution in [0.1, 0.15) is 30.0 Å². The minimum Gasteiger partial charge on any atom is -0.339 e. The molecule has 0 saturated heterocycles. The lowest BCUT2D eigenvalue weighted by Gasteiger charge is -2.18. The van der Waals surface area contributed by atoms with Crippen molar-refractivity contribution in [3.8, 4) is 11.3 Å². The number of nitrogens with zero attached hydrogens (tertiary/aromatic N) is 1. The molecule has 0 bridgehead atoms. The summed E-state index contributed by atoms with van der Waals surface area (Å²) in [5.74, 6) is -0.376. The summed E-state index contributed by atoms with van der Waals surface area (Å²) in [5.41, 5.74) is 6.66. The Balaban J connectivity index is 1.73. The molecule has 0 aliphatic carbocycles. The van der Waals surface area contributed by atoms with Gasteiger partial charge in [-0.3, -0.25) is 5.10 Å². The van der Waals surface area contributed by atoms with Crippen molar-refractivity contribution in [3.63, 3.8) is 0 Å². The zero-order chi connectivity index (χ0) is 22.9. The van der Waals surface area contributed by atoms with Crippen LogP contribution in [0.25, 0.3) is 33.3 Å². The first kappa shape index (κ1) is 21.0. The summed E-state index contributed by atoms with van der Waals surface area (Å²) in [6.07, 6.45) is 2.46. The Morgan fingerprint density at radius 2 is 1.82 bits per heavy atom. The van der Waals surface area contributed by atoms with Crippen LogP contribution >= 0.6 is 11.6 Å². The number of hydrogen-bond donors (Lipinski definition) is 2. The van der Waals surface area contributed by atoms with Crippen LogP contribution < -0.4 is 5.63 Å². The van der Waals surface area contributed by atoms with E-state index in [0.717, 1.165) is 44.3 Å². The topological polar surface area (TPSA) is 74.7 Å². The van der Waals surface area contributed by atoms with Crippen LogP contribution in [0, 0.1) is 5.82 Å². The maximum Gasteiger partial charge on any atom is 0.357 e. The second-order valence-corrected chi connectivity index (χ2v) is 8.07. The molecule has 5 nitrogen and oxygen atoms in total. The summed E-state index contributed by atoms with van der Waals surface area (Å²) in [6, 6.07) is 19.8. The molecule has 0 aliphatic rings. The highest BCUT2D eigenvalue weighted by Crippen LogP contribution is 2.38. The number of rotatable bonds is 5. The van der Waals surface area contributed by atoms with Crippen molar-refractivity contribution in [1.29, 1.82) is 0 Å². The van der Waals surface area contributed by atoms with Gasteiger partial charge < -0.3 is 4.52 Å². The SMILES string of the molecule is CC/C(=C(\c1ccc(-c2cc(=O)o[nH]2)cc1)c1ccc2[nH]ncc2c1)c1ccc(F)cc1Cl. The van der Waals surface area contributed by atoms with Gasteiger partial charge in [0.25, 0.3) is 0 Å². The summed E-state index contributed by atoms with van der Waals surface area (Å²) in [7, 11) is 0. The van der Waals surface area contributed by atoms with E-state index in [9.17, 15) is 9.18 Å². The van der Waals surface area contributed by atoms with E-state index in [1.165, 1.54) is 18.2 Å². The third-order valence-corrected chi connectivity index (χ3v) is 5.96. The molecule has 0 amide bonds. The van der Waals surface area contributed by atoms with E-state index >= 15 is 0 Å². The summed E-state index contributed by atoms with van der Waals surface area (Å²) < 4.78 is 18.6. The first-order valence-electron chi connectivity index (χ1n) is 10.4. The molecule has 33 heavy (non-hydrogen) atoms. The highest BCUT2D eigenvalue weighted by molar-refractivity contribution is 6.32. The van der Waals surface area contributed by atoms with Gasteiger partial charge in [0.1, 0.15) is 5.82 Å². The number of nitrogens with one attached hydrogen (secondary N) is 2. The Bertz CT molecular complexity index is 1540. The number of benzene rings is 3. The van der Waals surface area contributed by atoms with E-state index < -0.39 is 5.63 Å². The molecule has 0 spiro atoms. The van der Waals surface area contributed by atoms with Crippen molar-refractivity contribution >= 4 is 33.7 Å². The number of aromatic nitrogens is 3. The van der Waals surface area contributed by atoms with Gasteiger partial charge in [0, 0.05) is 10.9 Å². The number of H-pyrrole nitrogens is 2. The van der Waals surface area contributed by atoms with E-state index in [-0.39, 0.29) is 5.82 Å². The van der Waals surface area contributed by atoms with E-state index in [1.54, 1.807) is 12.3 Å². The molecule has 5 rings (SSSR count). The van der Waals surface area contributed by atoms with Crippen LogP contribution in [0.4, 0.5) is 4.39 Å². The zero-order valence-electron chi connectivity index (χ0n) is 17.7. The van der Waals surface area contributed by atoms with Crippen molar-refractivity contribution in [2.24, 2.45) is 0 Å². The van der Waals surface area contributed by atoms with Gasteiger partial charge in [-0.1, -0.05) is 54.9 Å². The molecule has 0 atom stereocenters. The minimum atomic E-state index is -0.428. The fourth-order valence-corrected chi connectivity index (χ4v) is 4.37.